The van der Waals surface area contributed by atoms with Crippen LogP contribution in [-0.2, 0) is 11.8 Å². The third kappa shape index (κ3) is 2.70. The smallest absolute Gasteiger partial charge is 0.0218 e. The zero-order valence-corrected chi connectivity index (χ0v) is 35.6. The van der Waals surface area contributed by atoms with E-state index in [4.69, 9.17) is 0 Å². The number of aryl methyl sites for hydroxylation is 1. The van der Waals surface area contributed by atoms with Crippen LogP contribution >= 0.6 is 11.3 Å². The van der Waals surface area contributed by atoms with E-state index < -0.39 is 0 Å². The molecule has 0 aliphatic heterocycles. The van der Waals surface area contributed by atoms with Crippen LogP contribution in [0.2, 0.25) is 0 Å². The lowest BCUT2D eigenvalue weighted by Gasteiger charge is -2.62. The summed E-state index contributed by atoms with van der Waals surface area (Å²) < 4.78 is 0. The van der Waals surface area contributed by atoms with E-state index in [9.17, 15) is 0 Å². The Kier molecular flexibility index (Phi) is 5.27. The molecule has 18 rings (SSSR count). The highest BCUT2D eigenvalue weighted by molar-refractivity contribution is 7.12. The number of rotatable bonds is 10. The molecule has 17 aliphatic rings. The first-order chi connectivity index (χ1) is 27.7. The molecule has 17 aliphatic carbocycles. The fourth-order valence-electron chi connectivity index (χ4n) is 28.6. The van der Waals surface area contributed by atoms with Crippen molar-refractivity contribution >= 4 is 11.3 Å². The molecule has 1 heteroatoms. The van der Waals surface area contributed by atoms with Crippen molar-refractivity contribution in [2.45, 2.75) is 128 Å². The summed E-state index contributed by atoms with van der Waals surface area (Å²) in [5, 5.41) is 0. The first kappa shape index (κ1) is 31.3. The maximum absolute atomic E-state index is 3.36. The molecule has 1 spiro atoms. The quantitative estimate of drug-likeness (QED) is 0.164. The SMILES string of the molecule is CCCCCCCCCC1(c2ccc(CC)s2)C23C=C4CC5CC6CC7CC8CC9CC%10CC(C2)C2C%11C%10C9C9C8C8C7C6C6C5C5C7C6C8C9C%11C7C2C31C45. The number of allylic oxidation sites excluding steroid dienone is 2. The summed E-state index contributed by atoms with van der Waals surface area (Å²) in [6.45, 7) is 4.87. The molecule has 0 saturated heterocycles. The van der Waals surface area contributed by atoms with E-state index in [0.29, 0.717) is 16.2 Å². The first-order valence-corrected chi connectivity index (χ1v) is 27.3. The maximum atomic E-state index is 3.36. The predicted molar refractivity (Wildman–Crippen MR) is 222 cm³/mol. The average Bonchev–Trinajstić information content (AvgIpc) is 4.00. The van der Waals surface area contributed by atoms with Crippen LogP contribution in [0, 0.1) is 171 Å². The highest BCUT2D eigenvalue weighted by Gasteiger charge is 3.00. The zero-order valence-electron chi connectivity index (χ0n) is 34.7. The van der Waals surface area contributed by atoms with Crippen LogP contribution in [0.4, 0.5) is 0 Å². The Hall–Kier alpha value is -0.560. The predicted octanol–water partition coefficient (Wildman–Crippen LogP) is 12.6. The van der Waals surface area contributed by atoms with Crippen molar-refractivity contribution < 1.29 is 0 Å². The third-order valence-electron chi connectivity index (χ3n) is 27.1. The van der Waals surface area contributed by atoms with Crippen LogP contribution in [0.5, 0.6) is 0 Å². The van der Waals surface area contributed by atoms with Crippen molar-refractivity contribution in [1.82, 2.24) is 0 Å². The summed E-state index contributed by atoms with van der Waals surface area (Å²) in [7, 11) is 0. The number of thiophene rings is 1. The molecule has 16 saturated carbocycles. The summed E-state index contributed by atoms with van der Waals surface area (Å²) in [6.07, 6.45) is 30.2. The van der Waals surface area contributed by atoms with Gasteiger partial charge in [0, 0.05) is 26.0 Å². The van der Waals surface area contributed by atoms with Gasteiger partial charge >= 0.3 is 0 Å². The molecule has 1 aromatic heterocycles. The van der Waals surface area contributed by atoms with E-state index in [-0.39, 0.29) is 0 Å². The molecule has 0 N–H and O–H groups in total. The van der Waals surface area contributed by atoms with Gasteiger partial charge in [-0.15, -0.1) is 11.3 Å². The Morgan fingerprint density at radius 1 is 0.518 bits per heavy atom. The molecule has 0 nitrogen and oxygen atoms in total. The number of hydrogen-bond acceptors (Lipinski definition) is 1. The second-order valence-electron chi connectivity index (χ2n) is 26.5. The molecular formula is C55H70S. The number of hydrogen-bond donors (Lipinski definition) is 0. The fraction of sp³-hybridized carbons (Fsp3) is 0.891. The van der Waals surface area contributed by atoms with Gasteiger partial charge in [-0.05, 0) is 236 Å². The van der Waals surface area contributed by atoms with Crippen molar-refractivity contribution in [3.63, 3.8) is 0 Å². The van der Waals surface area contributed by atoms with Crippen molar-refractivity contribution in [3.05, 3.63) is 33.5 Å². The van der Waals surface area contributed by atoms with Crippen molar-refractivity contribution in [3.8, 4) is 0 Å². The van der Waals surface area contributed by atoms with E-state index in [1.54, 1.807) is 62.7 Å². The second kappa shape index (κ2) is 9.42. The molecular weight excluding hydrogens is 693 g/mol. The molecule has 296 valence electrons. The average molecular weight is 763 g/mol. The van der Waals surface area contributed by atoms with E-state index in [1.165, 1.54) is 152 Å². The summed E-state index contributed by atoms with van der Waals surface area (Å²) >= 11 is 2.39. The van der Waals surface area contributed by atoms with E-state index in [2.05, 4.69) is 49.0 Å². The summed E-state index contributed by atoms with van der Waals surface area (Å²) in [5.74, 6) is 31.6. The molecule has 56 heavy (non-hydrogen) atoms. The minimum absolute atomic E-state index is 0.494. The van der Waals surface area contributed by atoms with E-state index in [1.807, 2.05) is 4.88 Å². The molecule has 1 heterocycles. The molecule has 30 atom stereocenters. The van der Waals surface area contributed by atoms with Gasteiger partial charge in [0.25, 0.3) is 0 Å². The molecule has 1 aromatic rings. The van der Waals surface area contributed by atoms with E-state index in [0.717, 1.165) is 59.2 Å². The lowest BCUT2D eigenvalue weighted by Crippen LogP contribution is -2.59. The Labute approximate surface area is 342 Å². The standard InChI is InChI=1S/C55H70S/c1-3-5-6-7-8-9-10-13-54(32-12-11-31(4-2)56-32)53-21-29-19-27-17-25-16-26-15-23-14-24-18-28-20-30(22-53)51-49-38(28)42-34(24)33(23)40-37(26)41-35(25)36(27)43-39(29)52(55(51,53)54)50-47(43)45(41)44(40)46(42)48(49)50/h11-12,22-29,33-52H,3-10,13-21H2,1-2H3. The van der Waals surface area contributed by atoms with Gasteiger partial charge in [0.2, 0.25) is 0 Å². The molecule has 16 fully saturated rings. The van der Waals surface area contributed by atoms with Gasteiger partial charge in [0.15, 0.2) is 0 Å². The lowest BCUT2D eigenvalue weighted by molar-refractivity contribution is -0.154. The van der Waals surface area contributed by atoms with Gasteiger partial charge in [-0.2, -0.15) is 0 Å². The monoisotopic (exact) mass is 763 g/mol. The van der Waals surface area contributed by atoms with Gasteiger partial charge in [0.1, 0.15) is 0 Å². The first-order valence-electron chi connectivity index (χ1n) is 26.5. The fourth-order valence-corrected chi connectivity index (χ4v) is 29.9. The normalized spacial score (nSPS) is 69.8. The minimum Gasteiger partial charge on any atom is -0.145 e. The summed E-state index contributed by atoms with van der Waals surface area (Å²) in [5.41, 5.74) is 3.83. The Morgan fingerprint density at radius 2 is 1.04 bits per heavy atom. The largest absolute Gasteiger partial charge is 0.145 e. The van der Waals surface area contributed by atoms with Gasteiger partial charge < -0.3 is 0 Å². The third-order valence-corrected chi connectivity index (χ3v) is 28.5. The van der Waals surface area contributed by atoms with E-state index >= 15 is 0 Å². The summed E-state index contributed by atoms with van der Waals surface area (Å²) in [6, 6.07) is 5.52. The van der Waals surface area contributed by atoms with Crippen molar-refractivity contribution in [2.24, 2.45) is 171 Å². The van der Waals surface area contributed by atoms with Crippen molar-refractivity contribution in [2.75, 3.05) is 0 Å². The molecule has 30 unspecified atom stereocenters. The highest BCUT2D eigenvalue weighted by atomic mass is 32.1. The highest BCUT2D eigenvalue weighted by Crippen LogP contribution is 3.03. The second-order valence-corrected chi connectivity index (χ2v) is 27.7. The van der Waals surface area contributed by atoms with Crippen LogP contribution in [0.1, 0.15) is 126 Å². The Balaban J connectivity index is 0.903. The molecule has 0 radical (unpaired) electrons. The van der Waals surface area contributed by atoms with Crippen LogP contribution in [-0.4, -0.2) is 0 Å². The molecule has 0 aromatic carbocycles. The summed E-state index contributed by atoms with van der Waals surface area (Å²) in [4.78, 5) is 3.70. The lowest BCUT2D eigenvalue weighted by atomic mass is 9.41. The Bertz CT molecular complexity index is 2040. The molecule has 0 bridgehead atoms. The van der Waals surface area contributed by atoms with Gasteiger partial charge in [-0.25, -0.2) is 0 Å². The van der Waals surface area contributed by atoms with Gasteiger partial charge in [-0.1, -0.05) is 70.4 Å². The van der Waals surface area contributed by atoms with Crippen molar-refractivity contribution in [1.29, 1.82) is 0 Å². The zero-order chi connectivity index (χ0) is 35.7. The minimum atomic E-state index is 0.494. The van der Waals surface area contributed by atoms with Crippen LogP contribution in [0.25, 0.3) is 0 Å². The van der Waals surface area contributed by atoms with Gasteiger partial charge in [0.05, 0.1) is 0 Å². The topological polar surface area (TPSA) is 0 Å². The van der Waals surface area contributed by atoms with Gasteiger partial charge in [-0.3, -0.25) is 0 Å². The van der Waals surface area contributed by atoms with Crippen LogP contribution < -0.4 is 0 Å². The molecule has 0 amide bonds. The Morgan fingerprint density at radius 3 is 1.68 bits per heavy atom. The number of unbranched alkanes of at least 4 members (excludes halogenated alkanes) is 6. The van der Waals surface area contributed by atoms with Crippen LogP contribution in [0.3, 0.4) is 0 Å². The maximum Gasteiger partial charge on any atom is 0.0218 e. The van der Waals surface area contributed by atoms with Crippen LogP contribution in [0.15, 0.2) is 23.8 Å².